The number of H-pyrrole nitrogens is 1. The summed E-state index contributed by atoms with van der Waals surface area (Å²) in [5, 5.41) is 13.8. The summed E-state index contributed by atoms with van der Waals surface area (Å²) in [5.41, 5.74) is 3.99. The van der Waals surface area contributed by atoms with Gasteiger partial charge in [0.1, 0.15) is 11.6 Å². The van der Waals surface area contributed by atoms with Gasteiger partial charge in [-0.25, -0.2) is 8.78 Å². The van der Waals surface area contributed by atoms with Gasteiger partial charge in [-0.3, -0.25) is 14.2 Å². The Hall–Kier alpha value is -2.81. The molecule has 198 valence electrons. The molecule has 8 heteroatoms. The molecule has 1 fully saturated rings. The lowest BCUT2D eigenvalue weighted by Crippen LogP contribution is -2.54. The van der Waals surface area contributed by atoms with E-state index in [4.69, 9.17) is 0 Å². The first-order chi connectivity index (χ1) is 17.9. The summed E-state index contributed by atoms with van der Waals surface area (Å²) in [6.07, 6.45) is 1.80. The third-order valence-electron chi connectivity index (χ3n) is 7.75. The van der Waals surface area contributed by atoms with Gasteiger partial charge in [-0.1, -0.05) is 30.4 Å². The summed E-state index contributed by atoms with van der Waals surface area (Å²) in [6.45, 7) is 8.21. The second-order valence-electron chi connectivity index (χ2n) is 10.4. The topological polar surface area (TPSA) is 54.5 Å². The van der Waals surface area contributed by atoms with Gasteiger partial charge < -0.3 is 15.4 Å². The largest absolute Gasteiger partial charge is 0.392 e. The molecular formula is C29H35F3N4O. The summed E-state index contributed by atoms with van der Waals surface area (Å²) < 4.78 is 44.0. The van der Waals surface area contributed by atoms with Crippen molar-refractivity contribution in [2.45, 2.75) is 44.3 Å². The van der Waals surface area contributed by atoms with E-state index in [9.17, 15) is 9.50 Å². The molecule has 0 aliphatic carbocycles. The van der Waals surface area contributed by atoms with E-state index in [-0.39, 0.29) is 30.9 Å². The minimum absolute atomic E-state index is 0.0256. The van der Waals surface area contributed by atoms with Gasteiger partial charge in [-0.15, -0.1) is 0 Å². The van der Waals surface area contributed by atoms with Gasteiger partial charge in [0.15, 0.2) is 0 Å². The molecule has 0 bridgehead atoms. The van der Waals surface area contributed by atoms with Crippen molar-refractivity contribution in [3.63, 3.8) is 0 Å². The number of para-hydroxylation sites is 1. The van der Waals surface area contributed by atoms with Gasteiger partial charge in [0, 0.05) is 60.1 Å². The van der Waals surface area contributed by atoms with Crippen molar-refractivity contribution >= 4 is 16.6 Å². The Kier molecular flexibility index (Phi) is 7.60. The van der Waals surface area contributed by atoms with Gasteiger partial charge in [-0.05, 0) is 49.9 Å². The molecule has 5 rings (SSSR count). The van der Waals surface area contributed by atoms with Crippen molar-refractivity contribution in [3.05, 3.63) is 77.0 Å². The van der Waals surface area contributed by atoms with Crippen LogP contribution in [0.4, 0.5) is 18.9 Å². The zero-order valence-electron chi connectivity index (χ0n) is 21.2. The average Bonchev–Trinajstić information content (AvgIpc) is 3.22. The number of anilines is 1. The molecule has 0 saturated carbocycles. The van der Waals surface area contributed by atoms with Gasteiger partial charge in [0.05, 0.1) is 25.4 Å². The lowest BCUT2D eigenvalue weighted by Gasteiger charge is -2.41. The van der Waals surface area contributed by atoms with Crippen molar-refractivity contribution < 1.29 is 18.3 Å². The molecule has 0 radical (unpaired) electrons. The number of hydrogen-bond donors (Lipinski definition) is 3. The molecule has 1 aromatic heterocycles. The fraction of sp³-hybridized carbons (Fsp3) is 0.448. The fourth-order valence-electron chi connectivity index (χ4n) is 5.82. The van der Waals surface area contributed by atoms with Gasteiger partial charge in [0.25, 0.3) is 0 Å². The first-order valence-corrected chi connectivity index (χ1v) is 13.1. The Bertz CT molecular complexity index is 1250. The van der Waals surface area contributed by atoms with Crippen LogP contribution >= 0.6 is 0 Å². The molecule has 0 spiro atoms. The van der Waals surface area contributed by atoms with Crippen molar-refractivity contribution in [3.8, 4) is 0 Å². The van der Waals surface area contributed by atoms with Crippen molar-refractivity contribution in [2.75, 3.05) is 44.8 Å². The van der Waals surface area contributed by atoms with E-state index in [1.54, 1.807) is 0 Å². The number of fused-ring (bicyclic) bond motifs is 3. The van der Waals surface area contributed by atoms with E-state index in [1.165, 1.54) is 12.1 Å². The summed E-state index contributed by atoms with van der Waals surface area (Å²) in [5.74, 6) is -1.18. The van der Waals surface area contributed by atoms with Crippen LogP contribution < -0.4 is 5.32 Å². The first-order valence-electron chi connectivity index (χ1n) is 13.1. The Morgan fingerprint density at radius 2 is 1.89 bits per heavy atom. The number of nitrogens with zero attached hydrogens (tertiary/aromatic N) is 2. The second-order valence-corrected chi connectivity index (χ2v) is 10.4. The summed E-state index contributed by atoms with van der Waals surface area (Å²) in [7, 11) is 0. The van der Waals surface area contributed by atoms with Gasteiger partial charge >= 0.3 is 0 Å². The molecule has 2 aliphatic heterocycles. The van der Waals surface area contributed by atoms with Crippen LogP contribution in [-0.2, 0) is 6.42 Å². The number of aromatic nitrogens is 1. The van der Waals surface area contributed by atoms with Crippen molar-refractivity contribution in [1.82, 2.24) is 14.8 Å². The third-order valence-corrected chi connectivity index (χ3v) is 7.75. The number of aliphatic hydroxyl groups is 1. The van der Waals surface area contributed by atoms with Gasteiger partial charge in [0.2, 0.25) is 0 Å². The highest BCUT2D eigenvalue weighted by Gasteiger charge is 2.38. The molecule has 0 amide bonds. The molecule has 37 heavy (non-hydrogen) atoms. The van der Waals surface area contributed by atoms with Crippen LogP contribution in [0.1, 0.15) is 42.6 Å². The standard InChI is InChI=1S/C29H35F3N4O/c1-18(17-37)8-11-36-19(2)12-23-22-6-3-4-7-26(22)34-28(23)29(36)27-24(31)13-20(14-25(27)32)33-21-15-35(16-21)10-5-9-30/h3-4,6-7,13-14,19,21,29,33-34,37H,1,5,8-12,15-17H2,2H3/t19-,29-/m1/s1. The second kappa shape index (κ2) is 10.9. The molecule has 2 atom stereocenters. The van der Waals surface area contributed by atoms with Crippen LogP contribution in [0.15, 0.2) is 48.6 Å². The predicted octanol–water partition coefficient (Wildman–Crippen LogP) is 5.18. The lowest BCUT2D eigenvalue weighted by atomic mass is 9.87. The smallest absolute Gasteiger partial charge is 0.133 e. The zero-order chi connectivity index (χ0) is 26.1. The molecule has 3 aromatic rings. The summed E-state index contributed by atoms with van der Waals surface area (Å²) >= 11 is 0. The van der Waals surface area contributed by atoms with E-state index in [2.05, 4.69) is 33.6 Å². The van der Waals surface area contributed by atoms with E-state index in [0.717, 1.165) is 41.7 Å². The molecule has 3 N–H and O–H groups in total. The predicted molar refractivity (Wildman–Crippen MR) is 142 cm³/mol. The maximum Gasteiger partial charge on any atom is 0.133 e. The Labute approximate surface area is 216 Å². The Morgan fingerprint density at radius 3 is 2.59 bits per heavy atom. The van der Waals surface area contributed by atoms with E-state index < -0.39 is 17.7 Å². The van der Waals surface area contributed by atoms with Crippen LogP contribution in [0.2, 0.25) is 0 Å². The maximum atomic E-state index is 15.8. The van der Waals surface area contributed by atoms with Crippen LogP contribution in [0.3, 0.4) is 0 Å². The number of benzene rings is 2. The molecule has 2 aromatic carbocycles. The van der Waals surface area contributed by atoms with Crippen LogP contribution in [0.25, 0.3) is 10.9 Å². The number of nitrogens with one attached hydrogen (secondary N) is 2. The molecule has 3 heterocycles. The quantitative estimate of drug-likeness (QED) is 0.328. The molecule has 1 saturated heterocycles. The molecule has 5 nitrogen and oxygen atoms in total. The number of alkyl halides is 1. The summed E-state index contributed by atoms with van der Waals surface area (Å²) in [4.78, 5) is 7.70. The number of halogens is 3. The zero-order valence-corrected chi connectivity index (χ0v) is 21.2. The lowest BCUT2D eigenvalue weighted by molar-refractivity contribution is 0.143. The highest BCUT2D eigenvalue weighted by atomic mass is 19.1. The third kappa shape index (κ3) is 5.15. The van der Waals surface area contributed by atoms with Crippen LogP contribution in [0.5, 0.6) is 0 Å². The minimum Gasteiger partial charge on any atom is -0.392 e. The normalized spacial score (nSPS) is 20.7. The van der Waals surface area contributed by atoms with Crippen molar-refractivity contribution in [1.29, 1.82) is 0 Å². The van der Waals surface area contributed by atoms with E-state index in [0.29, 0.717) is 37.2 Å². The minimum atomic E-state index is -0.633. The SMILES string of the molecule is C=C(CO)CCN1[C@H](c2c(F)cc(NC3CN(CCCF)C3)cc2F)c2[nH]c3ccccc3c2C[C@H]1C. The highest BCUT2D eigenvalue weighted by molar-refractivity contribution is 5.85. The number of aliphatic hydroxyl groups excluding tert-OH is 1. The number of rotatable bonds is 10. The Morgan fingerprint density at radius 1 is 1.16 bits per heavy atom. The fourth-order valence-corrected chi connectivity index (χ4v) is 5.82. The molecular weight excluding hydrogens is 477 g/mol. The van der Waals surface area contributed by atoms with Crippen LogP contribution in [0, 0.1) is 11.6 Å². The van der Waals surface area contributed by atoms with Crippen LogP contribution in [-0.4, -0.2) is 71.4 Å². The van der Waals surface area contributed by atoms with Gasteiger partial charge in [-0.2, -0.15) is 0 Å². The molecule has 2 aliphatic rings. The summed E-state index contributed by atoms with van der Waals surface area (Å²) in [6, 6.07) is 10.2. The number of likely N-dealkylation sites (tertiary alicyclic amines) is 1. The number of hydrogen-bond acceptors (Lipinski definition) is 4. The Balaban J connectivity index is 1.47. The van der Waals surface area contributed by atoms with E-state index in [1.807, 2.05) is 24.3 Å². The number of aromatic amines is 1. The molecule has 0 unspecified atom stereocenters. The van der Waals surface area contributed by atoms with E-state index >= 15 is 8.78 Å². The van der Waals surface area contributed by atoms with Crippen molar-refractivity contribution in [2.24, 2.45) is 0 Å². The monoisotopic (exact) mass is 512 g/mol. The first kappa shape index (κ1) is 25.8. The highest BCUT2D eigenvalue weighted by Crippen LogP contribution is 2.43. The average molecular weight is 513 g/mol. The maximum absolute atomic E-state index is 15.8.